The summed E-state index contributed by atoms with van der Waals surface area (Å²) in [6, 6.07) is 0.474. The van der Waals surface area contributed by atoms with Crippen LogP contribution in [0.3, 0.4) is 0 Å². The molecule has 0 saturated heterocycles. The van der Waals surface area contributed by atoms with Crippen molar-refractivity contribution in [2.24, 2.45) is 0 Å². The summed E-state index contributed by atoms with van der Waals surface area (Å²) >= 11 is 1.37. The highest BCUT2D eigenvalue weighted by molar-refractivity contribution is 7.03. The second-order valence-electron chi connectivity index (χ2n) is 3.10. The number of aliphatic hydroxyl groups excluding tert-OH is 1. The van der Waals surface area contributed by atoms with Crippen LogP contribution in [0, 0.1) is 0 Å². The first-order valence-corrected chi connectivity index (χ1v) is 4.85. The zero-order valence-corrected chi connectivity index (χ0v) is 7.42. The molecule has 0 amide bonds. The number of nitrogens with one attached hydrogen (secondary N) is 1. The summed E-state index contributed by atoms with van der Waals surface area (Å²) < 4.78 is 3.76. The van der Waals surface area contributed by atoms with E-state index >= 15 is 0 Å². The van der Waals surface area contributed by atoms with Gasteiger partial charge in [0.2, 0.25) is 0 Å². The molecule has 0 radical (unpaired) electrons. The molecule has 1 heterocycles. The van der Waals surface area contributed by atoms with Gasteiger partial charge in [-0.05, 0) is 24.4 Å². The Morgan fingerprint density at radius 1 is 1.67 bits per heavy atom. The maximum Gasteiger partial charge on any atom is 0.0893 e. The Balaban J connectivity index is 1.70. The van der Waals surface area contributed by atoms with E-state index in [1.165, 1.54) is 11.5 Å². The molecule has 1 fully saturated rings. The standard InChI is InChI=1S/C7H11N3OS/c11-7-1-5(2-7)8-3-6-4-12-10-9-6/h4-5,7-8,11H,1-3H2. The van der Waals surface area contributed by atoms with E-state index in [9.17, 15) is 0 Å². The quantitative estimate of drug-likeness (QED) is 0.704. The molecule has 0 unspecified atom stereocenters. The van der Waals surface area contributed by atoms with Crippen molar-refractivity contribution < 1.29 is 5.11 Å². The predicted molar refractivity (Wildman–Crippen MR) is 45.8 cm³/mol. The van der Waals surface area contributed by atoms with Gasteiger partial charge in [0, 0.05) is 18.0 Å². The first-order valence-electron chi connectivity index (χ1n) is 4.02. The normalized spacial score (nSPS) is 28.4. The van der Waals surface area contributed by atoms with E-state index in [1.807, 2.05) is 5.38 Å². The fourth-order valence-electron chi connectivity index (χ4n) is 1.26. The molecule has 1 aliphatic carbocycles. The molecule has 0 spiro atoms. The van der Waals surface area contributed by atoms with Gasteiger partial charge in [0.15, 0.2) is 0 Å². The summed E-state index contributed by atoms with van der Waals surface area (Å²) in [5.74, 6) is 0. The zero-order valence-electron chi connectivity index (χ0n) is 6.60. The molecule has 12 heavy (non-hydrogen) atoms. The minimum atomic E-state index is -0.0870. The van der Waals surface area contributed by atoms with Gasteiger partial charge in [0.25, 0.3) is 0 Å². The van der Waals surface area contributed by atoms with Gasteiger partial charge in [-0.25, -0.2) is 0 Å². The van der Waals surface area contributed by atoms with Crippen molar-refractivity contribution in [1.29, 1.82) is 0 Å². The van der Waals surface area contributed by atoms with Crippen LogP contribution in [-0.2, 0) is 6.54 Å². The van der Waals surface area contributed by atoms with E-state index in [0.717, 1.165) is 25.1 Å². The van der Waals surface area contributed by atoms with Crippen LogP contribution in [-0.4, -0.2) is 26.8 Å². The molecule has 0 aliphatic heterocycles. The third kappa shape index (κ3) is 1.80. The Bertz CT molecular complexity index is 233. The molecule has 0 atom stereocenters. The Morgan fingerprint density at radius 3 is 3.08 bits per heavy atom. The fourth-order valence-corrected chi connectivity index (χ4v) is 1.72. The molecule has 5 heteroatoms. The molecule has 1 saturated carbocycles. The summed E-state index contributed by atoms with van der Waals surface area (Å²) in [7, 11) is 0. The smallest absolute Gasteiger partial charge is 0.0893 e. The van der Waals surface area contributed by atoms with Gasteiger partial charge >= 0.3 is 0 Å². The summed E-state index contributed by atoms with van der Waals surface area (Å²) in [6.07, 6.45) is 1.66. The molecule has 1 aliphatic rings. The van der Waals surface area contributed by atoms with Crippen LogP contribution in [0.4, 0.5) is 0 Å². The first-order chi connectivity index (χ1) is 5.84. The molecule has 2 rings (SSSR count). The number of hydrogen-bond acceptors (Lipinski definition) is 5. The van der Waals surface area contributed by atoms with Crippen LogP contribution in [0.15, 0.2) is 5.38 Å². The fraction of sp³-hybridized carbons (Fsp3) is 0.714. The third-order valence-corrected chi connectivity index (χ3v) is 2.64. The van der Waals surface area contributed by atoms with Gasteiger partial charge in [0.1, 0.15) is 0 Å². The van der Waals surface area contributed by atoms with Crippen LogP contribution < -0.4 is 5.32 Å². The highest BCUT2D eigenvalue weighted by Crippen LogP contribution is 2.19. The number of aromatic nitrogens is 2. The average Bonchev–Trinajstić information content (AvgIpc) is 2.47. The van der Waals surface area contributed by atoms with E-state index in [4.69, 9.17) is 5.11 Å². The summed E-state index contributed by atoms with van der Waals surface area (Å²) in [5.41, 5.74) is 0.987. The van der Waals surface area contributed by atoms with Crippen LogP contribution >= 0.6 is 11.5 Å². The lowest BCUT2D eigenvalue weighted by atomic mass is 9.89. The van der Waals surface area contributed by atoms with Crippen molar-refractivity contribution in [3.63, 3.8) is 0 Å². The van der Waals surface area contributed by atoms with Crippen molar-refractivity contribution in [2.45, 2.75) is 31.5 Å². The maximum absolute atomic E-state index is 9.01. The van der Waals surface area contributed by atoms with Gasteiger partial charge in [-0.1, -0.05) is 4.49 Å². The topological polar surface area (TPSA) is 58.0 Å². The molecule has 1 aromatic heterocycles. The second kappa shape index (κ2) is 3.47. The minimum Gasteiger partial charge on any atom is -0.393 e. The van der Waals surface area contributed by atoms with Crippen LogP contribution in [0.2, 0.25) is 0 Å². The van der Waals surface area contributed by atoms with Gasteiger partial charge in [-0.2, -0.15) is 0 Å². The van der Waals surface area contributed by atoms with E-state index in [1.54, 1.807) is 0 Å². The molecule has 0 bridgehead atoms. The van der Waals surface area contributed by atoms with E-state index in [2.05, 4.69) is 14.9 Å². The molecule has 4 nitrogen and oxygen atoms in total. The van der Waals surface area contributed by atoms with Gasteiger partial charge in [-0.3, -0.25) is 0 Å². The molecule has 1 aromatic rings. The monoisotopic (exact) mass is 185 g/mol. The SMILES string of the molecule is OC1CC(NCc2csnn2)C1. The number of rotatable bonds is 3. The highest BCUT2D eigenvalue weighted by Gasteiger charge is 2.26. The lowest BCUT2D eigenvalue weighted by Crippen LogP contribution is -2.43. The van der Waals surface area contributed by atoms with Gasteiger partial charge in [0.05, 0.1) is 11.8 Å². The van der Waals surface area contributed by atoms with Crippen LogP contribution in [0.1, 0.15) is 18.5 Å². The van der Waals surface area contributed by atoms with Gasteiger partial charge < -0.3 is 10.4 Å². The average molecular weight is 185 g/mol. The lowest BCUT2D eigenvalue weighted by Gasteiger charge is -2.31. The Hall–Kier alpha value is -0.520. The summed E-state index contributed by atoms with van der Waals surface area (Å²) in [6.45, 7) is 0.772. The number of nitrogens with zero attached hydrogens (tertiary/aromatic N) is 2. The van der Waals surface area contributed by atoms with Crippen molar-refractivity contribution >= 4 is 11.5 Å². The van der Waals surface area contributed by atoms with Crippen molar-refractivity contribution in [3.8, 4) is 0 Å². The van der Waals surface area contributed by atoms with E-state index in [-0.39, 0.29) is 6.10 Å². The maximum atomic E-state index is 9.01. The Morgan fingerprint density at radius 2 is 2.50 bits per heavy atom. The minimum absolute atomic E-state index is 0.0870. The molecule has 66 valence electrons. The first kappa shape index (κ1) is 8.10. The lowest BCUT2D eigenvalue weighted by molar-refractivity contribution is 0.0618. The molecular weight excluding hydrogens is 174 g/mol. The molecule has 2 N–H and O–H groups in total. The third-order valence-electron chi connectivity index (χ3n) is 2.09. The van der Waals surface area contributed by atoms with Crippen LogP contribution in [0.5, 0.6) is 0 Å². The zero-order chi connectivity index (χ0) is 8.39. The molecule has 0 aromatic carbocycles. The Kier molecular flexibility index (Phi) is 2.34. The number of aliphatic hydroxyl groups is 1. The highest BCUT2D eigenvalue weighted by atomic mass is 32.1. The van der Waals surface area contributed by atoms with E-state index < -0.39 is 0 Å². The van der Waals surface area contributed by atoms with Crippen molar-refractivity contribution in [2.75, 3.05) is 0 Å². The summed E-state index contributed by atoms with van der Waals surface area (Å²) in [4.78, 5) is 0. The van der Waals surface area contributed by atoms with Crippen molar-refractivity contribution in [3.05, 3.63) is 11.1 Å². The molecular formula is C7H11N3OS. The van der Waals surface area contributed by atoms with E-state index in [0.29, 0.717) is 6.04 Å². The number of hydrogen-bond donors (Lipinski definition) is 2. The van der Waals surface area contributed by atoms with Crippen molar-refractivity contribution in [1.82, 2.24) is 14.9 Å². The van der Waals surface area contributed by atoms with Crippen LogP contribution in [0.25, 0.3) is 0 Å². The summed E-state index contributed by atoms with van der Waals surface area (Å²) in [5, 5.41) is 18.1. The Labute approximate surface area is 74.8 Å². The largest absolute Gasteiger partial charge is 0.393 e. The van der Waals surface area contributed by atoms with Gasteiger partial charge in [-0.15, -0.1) is 5.10 Å². The second-order valence-corrected chi connectivity index (χ2v) is 3.71. The predicted octanol–water partition coefficient (Wildman–Crippen LogP) is 0.151.